The van der Waals surface area contributed by atoms with Crippen molar-refractivity contribution in [3.63, 3.8) is 0 Å². The Balaban J connectivity index is 1.99. The lowest BCUT2D eigenvalue weighted by Gasteiger charge is -2.32. The number of nitrogens with one attached hydrogen (secondary N) is 2. The van der Waals surface area contributed by atoms with E-state index in [-0.39, 0.29) is 5.91 Å². The first kappa shape index (κ1) is 12.2. The summed E-state index contributed by atoms with van der Waals surface area (Å²) in [5.41, 5.74) is 2.81. The molecule has 0 saturated carbocycles. The third-order valence-corrected chi connectivity index (χ3v) is 3.76. The molecule has 19 heavy (non-hydrogen) atoms. The van der Waals surface area contributed by atoms with E-state index in [0.717, 1.165) is 41.8 Å². The van der Waals surface area contributed by atoms with Gasteiger partial charge in [0, 0.05) is 42.3 Å². The zero-order valence-electron chi connectivity index (χ0n) is 11.4. The summed E-state index contributed by atoms with van der Waals surface area (Å²) in [6.07, 6.45) is 0. The molecule has 2 N–H and O–H groups in total. The van der Waals surface area contributed by atoms with Gasteiger partial charge in [0.2, 0.25) is 0 Å². The lowest BCUT2D eigenvalue weighted by atomic mass is 10.1. The highest BCUT2D eigenvalue weighted by atomic mass is 16.2. The van der Waals surface area contributed by atoms with Crippen LogP contribution in [0.4, 0.5) is 0 Å². The highest BCUT2D eigenvalue weighted by Gasteiger charge is 2.25. The van der Waals surface area contributed by atoms with E-state index in [0.29, 0.717) is 6.04 Å². The SMILES string of the molecule is Cc1[nH]c2ccccc2c1C(=O)N1CCNC(C)C1. The average molecular weight is 257 g/mol. The fraction of sp³-hybridized carbons (Fsp3) is 0.400. The number of para-hydroxylation sites is 1. The number of rotatable bonds is 1. The molecule has 4 nitrogen and oxygen atoms in total. The van der Waals surface area contributed by atoms with Crippen LogP contribution in [0.25, 0.3) is 10.9 Å². The number of hydrogen-bond donors (Lipinski definition) is 2. The highest BCUT2D eigenvalue weighted by Crippen LogP contribution is 2.23. The molecule has 0 spiro atoms. The summed E-state index contributed by atoms with van der Waals surface area (Å²) in [6.45, 7) is 6.51. The molecular formula is C15H19N3O. The maximum atomic E-state index is 12.7. The van der Waals surface area contributed by atoms with Crippen LogP contribution in [0.2, 0.25) is 0 Å². The quantitative estimate of drug-likeness (QED) is 0.820. The van der Waals surface area contributed by atoms with Gasteiger partial charge in [-0.2, -0.15) is 0 Å². The summed E-state index contributed by atoms with van der Waals surface area (Å²) in [4.78, 5) is 18.0. The Morgan fingerprint density at radius 2 is 2.16 bits per heavy atom. The second-order valence-electron chi connectivity index (χ2n) is 5.28. The van der Waals surface area contributed by atoms with Crippen molar-refractivity contribution in [3.05, 3.63) is 35.5 Å². The summed E-state index contributed by atoms with van der Waals surface area (Å²) >= 11 is 0. The van der Waals surface area contributed by atoms with Crippen molar-refractivity contribution in [1.82, 2.24) is 15.2 Å². The first-order chi connectivity index (χ1) is 9.16. The van der Waals surface area contributed by atoms with Gasteiger partial charge in [-0.25, -0.2) is 0 Å². The van der Waals surface area contributed by atoms with Crippen molar-refractivity contribution < 1.29 is 4.79 Å². The maximum Gasteiger partial charge on any atom is 0.256 e. The second-order valence-corrected chi connectivity index (χ2v) is 5.28. The number of aromatic nitrogens is 1. The molecule has 100 valence electrons. The molecule has 1 amide bonds. The van der Waals surface area contributed by atoms with Crippen LogP contribution in [0.15, 0.2) is 24.3 Å². The van der Waals surface area contributed by atoms with Gasteiger partial charge in [-0.1, -0.05) is 18.2 Å². The summed E-state index contributed by atoms with van der Waals surface area (Å²) in [6, 6.07) is 8.35. The minimum absolute atomic E-state index is 0.142. The molecule has 1 aliphatic rings. The Labute approximate surface area is 112 Å². The fourth-order valence-corrected chi connectivity index (χ4v) is 2.83. The van der Waals surface area contributed by atoms with Gasteiger partial charge in [-0.05, 0) is 19.9 Å². The number of piperazine rings is 1. The number of nitrogens with zero attached hydrogens (tertiary/aromatic N) is 1. The Morgan fingerprint density at radius 3 is 2.95 bits per heavy atom. The third kappa shape index (κ3) is 2.12. The maximum absolute atomic E-state index is 12.7. The molecule has 4 heteroatoms. The summed E-state index contributed by atoms with van der Waals surface area (Å²) in [5.74, 6) is 0.142. The Kier molecular flexibility index (Phi) is 3.03. The number of benzene rings is 1. The van der Waals surface area contributed by atoms with Crippen molar-refractivity contribution in [2.45, 2.75) is 19.9 Å². The van der Waals surface area contributed by atoms with Crippen molar-refractivity contribution in [1.29, 1.82) is 0 Å². The largest absolute Gasteiger partial charge is 0.358 e. The van der Waals surface area contributed by atoms with Gasteiger partial charge in [0.1, 0.15) is 0 Å². The predicted molar refractivity (Wildman–Crippen MR) is 76.4 cm³/mol. The van der Waals surface area contributed by atoms with E-state index < -0.39 is 0 Å². The van der Waals surface area contributed by atoms with Crippen LogP contribution in [0, 0.1) is 6.92 Å². The van der Waals surface area contributed by atoms with Gasteiger partial charge in [-0.15, -0.1) is 0 Å². The zero-order chi connectivity index (χ0) is 13.4. The van der Waals surface area contributed by atoms with E-state index in [9.17, 15) is 4.79 Å². The second kappa shape index (κ2) is 4.70. The number of carbonyl (C=O) groups excluding carboxylic acids is 1. The highest BCUT2D eigenvalue weighted by molar-refractivity contribution is 6.08. The average Bonchev–Trinajstić information content (AvgIpc) is 2.74. The Bertz CT molecular complexity index is 617. The molecule has 1 atom stereocenters. The first-order valence-corrected chi connectivity index (χ1v) is 6.77. The number of aryl methyl sites for hydroxylation is 1. The lowest BCUT2D eigenvalue weighted by molar-refractivity contribution is 0.0710. The number of aromatic amines is 1. The first-order valence-electron chi connectivity index (χ1n) is 6.77. The minimum Gasteiger partial charge on any atom is -0.358 e. The number of carbonyl (C=O) groups is 1. The smallest absolute Gasteiger partial charge is 0.256 e. The van der Waals surface area contributed by atoms with Gasteiger partial charge in [0.15, 0.2) is 0 Å². The van der Waals surface area contributed by atoms with Crippen LogP contribution in [-0.2, 0) is 0 Å². The number of H-pyrrole nitrogens is 1. The summed E-state index contributed by atoms with van der Waals surface area (Å²) in [7, 11) is 0. The van der Waals surface area contributed by atoms with Gasteiger partial charge >= 0.3 is 0 Å². The van der Waals surface area contributed by atoms with Crippen LogP contribution in [0.5, 0.6) is 0 Å². The van der Waals surface area contributed by atoms with Crippen LogP contribution in [-0.4, -0.2) is 41.5 Å². The third-order valence-electron chi connectivity index (χ3n) is 3.76. The molecule has 3 rings (SSSR count). The molecule has 1 aliphatic heterocycles. The normalized spacial score (nSPS) is 19.9. The van der Waals surface area contributed by atoms with Crippen LogP contribution >= 0.6 is 0 Å². The number of fused-ring (bicyclic) bond motifs is 1. The topological polar surface area (TPSA) is 48.1 Å². The molecule has 1 unspecified atom stereocenters. The monoisotopic (exact) mass is 257 g/mol. The van der Waals surface area contributed by atoms with Crippen molar-refractivity contribution in [2.24, 2.45) is 0 Å². The molecule has 1 fully saturated rings. The van der Waals surface area contributed by atoms with Gasteiger partial charge in [-0.3, -0.25) is 4.79 Å². The van der Waals surface area contributed by atoms with Crippen molar-refractivity contribution >= 4 is 16.8 Å². The molecule has 0 radical (unpaired) electrons. The van der Waals surface area contributed by atoms with Crippen LogP contribution < -0.4 is 5.32 Å². The Hall–Kier alpha value is -1.81. The van der Waals surface area contributed by atoms with Crippen LogP contribution in [0.1, 0.15) is 23.0 Å². The molecule has 1 aromatic heterocycles. The van der Waals surface area contributed by atoms with Crippen molar-refractivity contribution in [3.8, 4) is 0 Å². The lowest BCUT2D eigenvalue weighted by Crippen LogP contribution is -2.51. The van der Waals surface area contributed by atoms with E-state index in [2.05, 4.69) is 17.2 Å². The van der Waals surface area contributed by atoms with E-state index in [1.54, 1.807) is 0 Å². The predicted octanol–water partition coefficient (Wildman–Crippen LogP) is 1.91. The molecule has 1 aromatic carbocycles. The molecular weight excluding hydrogens is 238 g/mol. The van der Waals surface area contributed by atoms with Crippen LogP contribution in [0.3, 0.4) is 0 Å². The van der Waals surface area contributed by atoms with E-state index in [1.807, 2.05) is 36.1 Å². The van der Waals surface area contributed by atoms with E-state index in [4.69, 9.17) is 0 Å². The molecule has 0 aliphatic carbocycles. The fourth-order valence-electron chi connectivity index (χ4n) is 2.83. The van der Waals surface area contributed by atoms with Gasteiger partial charge in [0.25, 0.3) is 5.91 Å². The van der Waals surface area contributed by atoms with Gasteiger partial charge in [0.05, 0.1) is 5.56 Å². The molecule has 1 saturated heterocycles. The minimum atomic E-state index is 0.142. The standard InChI is InChI=1S/C15H19N3O/c1-10-9-18(8-7-16-10)15(19)14-11(2)17-13-6-4-3-5-12(13)14/h3-6,10,16-17H,7-9H2,1-2H3. The number of amides is 1. The summed E-state index contributed by atoms with van der Waals surface area (Å²) in [5, 5.41) is 4.39. The van der Waals surface area contributed by atoms with Crippen molar-refractivity contribution in [2.75, 3.05) is 19.6 Å². The Morgan fingerprint density at radius 1 is 1.37 bits per heavy atom. The molecule has 2 heterocycles. The van der Waals surface area contributed by atoms with E-state index >= 15 is 0 Å². The number of hydrogen-bond acceptors (Lipinski definition) is 2. The summed E-state index contributed by atoms with van der Waals surface area (Å²) < 4.78 is 0. The van der Waals surface area contributed by atoms with Gasteiger partial charge < -0.3 is 15.2 Å². The molecule has 2 aromatic rings. The zero-order valence-corrected chi connectivity index (χ0v) is 11.4. The van der Waals surface area contributed by atoms with E-state index in [1.165, 1.54) is 0 Å². The molecule has 0 bridgehead atoms.